The lowest BCUT2D eigenvalue weighted by Gasteiger charge is -2.08. The van der Waals surface area contributed by atoms with Crippen LogP contribution in [0.25, 0.3) is 0 Å². The number of benzene rings is 2. The normalized spacial score (nSPS) is 11.3. The van der Waals surface area contributed by atoms with Gasteiger partial charge in [-0.3, -0.25) is 0 Å². The maximum Gasteiger partial charge on any atom is 0.446 e. The van der Waals surface area contributed by atoms with Crippen molar-refractivity contribution in [1.29, 1.82) is 0 Å². The quantitative estimate of drug-likeness (QED) is 0.718. The molecule has 0 fully saturated rings. The lowest BCUT2D eigenvalue weighted by atomic mass is 10.3. The first-order valence-corrected chi connectivity index (χ1v) is 5.93. The van der Waals surface area contributed by atoms with Crippen molar-refractivity contribution in [2.24, 2.45) is 0 Å². The number of alkyl halides is 3. The molecule has 0 amide bonds. The summed E-state index contributed by atoms with van der Waals surface area (Å²) in [7, 11) is 0. The molecule has 2 aromatic carbocycles. The first-order chi connectivity index (χ1) is 8.53. The third kappa shape index (κ3) is 4.00. The molecule has 5 heteroatoms. The molecular formula is C13H9F3OS. The summed E-state index contributed by atoms with van der Waals surface area (Å²) in [5.74, 6) is 0.974. The lowest BCUT2D eigenvalue weighted by molar-refractivity contribution is -0.0328. The van der Waals surface area contributed by atoms with E-state index in [-0.39, 0.29) is 16.7 Å². The van der Waals surface area contributed by atoms with Crippen LogP contribution in [0.5, 0.6) is 11.5 Å². The molecule has 0 aliphatic carbocycles. The molecule has 0 heterocycles. The third-order valence-corrected chi connectivity index (χ3v) is 2.74. The molecule has 1 nitrogen and oxygen atoms in total. The van der Waals surface area contributed by atoms with E-state index in [2.05, 4.69) is 0 Å². The minimum Gasteiger partial charge on any atom is -0.457 e. The maximum atomic E-state index is 12.2. The maximum absolute atomic E-state index is 12.2. The van der Waals surface area contributed by atoms with E-state index in [9.17, 15) is 13.2 Å². The molecule has 0 atom stereocenters. The summed E-state index contributed by atoms with van der Waals surface area (Å²) in [6, 6.07) is 14.8. The van der Waals surface area contributed by atoms with Crippen LogP contribution in [-0.2, 0) is 0 Å². The van der Waals surface area contributed by atoms with Crippen LogP contribution in [0.15, 0.2) is 59.5 Å². The van der Waals surface area contributed by atoms with E-state index in [1.807, 2.05) is 6.07 Å². The zero-order valence-electron chi connectivity index (χ0n) is 9.15. The van der Waals surface area contributed by atoms with Crippen molar-refractivity contribution < 1.29 is 17.9 Å². The van der Waals surface area contributed by atoms with Crippen LogP contribution in [0.4, 0.5) is 13.2 Å². The Bertz CT molecular complexity index is 511. The first-order valence-electron chi connectivity index (χ1n) is 5.12. The summed E-state index contributed by atoms with van der Waals surface area (Å²) in [4.78, 5) is 0.107. The molecule has 0 radical (unpaired) electrons. The highest BCUT2D eigenvalue weighted by molar-refractivity contribution is 8.00. The van der Waals surface area contributed by atoms with Crippen LogP contribution < -0.4 is 4.74 Å². The highest BCUT2D eigenvalue weighted by atomic mass is 32.2. The van der Waals surface area contributed by atoms with Gasteiger partial charge in [-0.05, 0) is 42.1 Å². The molecule has 18 heavy (non-hydrogen) atoms. The molecule has 0 spiro atoms. The van der Waals surface area contributed by atoms with Gasteiger partial charge in [0.25, 0.3) is 0 Å². The standard InChI is InChI=1S/C13H9F3OS/c14-13(15,16)18-12-8-4-7-11(9-12)17-10-5-2-1-3-6-10/h1-9H. The average Bonchev–Trinajstić information content (AvgIpc) is 2.28. The lowest BCUT2D eigenvalue weighted by Crippen LogP contribution is -1.98. The summed E-state index contributed by atoms with van der Waals surface area (Å²) in [5.41, 5.74) is -4.29. The van der Waals surface area contributed by atoms with Gasteiger partial charge in [-0.1, -0.05) is 24.3 Å². The number of para-hydroxylation sites is 1. The summed E-state index contributed by atoms with van der Waals surface area (Å²) in [5, 5.41) is 0. The van der Waals surface area contributed by atoms with Crippen molar-refractivity contribution in [2.45, 2.75) is 10.4 Å². The zero-order chi connectivity index (χ0) is 13.0. The number of hydrogen-bond donors (Lipinski definition) is 0. The minimum atomic E-state index is -4.29. The van der Waals surface area contributed by atoms with Crippen molar-refractivity contribution in [1.82, 2.24) is 0 Å². The van der Waals surface area contributed by atoms with Crippen molar-refractivity contribution in [3.05, 3.63) is 54.6 Å². The second-order valence-electron chi connectivity index (χ2n) is 3.44. The van der Waals surface area contributed by atoms with E-state index in [1.54, 1.807) is 30.3 Å². The molecule has 0 unspecified atom stereocenters. The van der Waals surface area contributed by atoms with E-state index >= 15 is 0 Å². The number of ether oxygens (including phenoxy) is 1. The first kappa shape index (κ1) is 12.8. The summed E-state index contributed by atoms with van der Waals surface area (Å²) in [6.07, 6.45) is 0. The fraction of sp³-hybridized carbons (Fsp3) is 0.0769. The van der Waals surface area contributed by atoms with Crippen LogP contribution in [0.2, 0.25) is 0 Å². The zero-order valence-corrected chi connectivity index (χ0v) is 9.96. The molecule has 2 aromatic rings. The van der Waals surface area contributed by atoms with E-state index < -0.39 is 5.51 Å². The molecule has 94 valence electrons. The molecule has 0 N–H and O–H groups in total. The summed E-state index contributed by atoms with van der Waals surface area (Å²) >= 11 is -0.155. The Kier molecular flexibility index (Phi) is 3.81. The predicted molar refractivity (Wildman–Crippen MR) is 64.9 cm³/mol. The van der Waals surface area contributed by atoms with Gasteiger partial charge in [-0.2, -0.15) is 13.2 Å². The number of thioether (sulfide) groups is 1. The molecular weight excluding hydrogens is 261 g/mol. The van der Waals surface area contributed by atoms with Crippen molar-refractivity contribution in [3.63, 3.8) is 0 Å². The van der Waals surface area contributed by atoms with E-state index in [0.29, 0.717) is 11.5 Å². The van der Waals surface area contributed by atoms with Crippen LogP contribution in [-0.4, -0.2) is 5.51 Å². The number of halogens is 3. The van der Waals surface area contributed by atoms with Crippen LogP contribution >= 0.6 is 11.8 Å². The second kappa shape index (κ2) is 5.35. The molecule has 2 rings (SSSR count). The Morgan fingerprint density at radius 1 is 0.833 bits per heavy atom. The van der Waals surface area contributed by atoms with E-state index in [1.165, 1.54) is 18.2 Å². The van der Waals surface area contributed by atoms with Crippen molar-refractivity contribution in [3.8, 4) is 11.5 Å². The minimum absolute atomic E-state index is 0.107. The van der Waals surface area contributed by atoms with Gasteiger partial charge in [-0.25, -0.2) is 0 Å². The fourth-order valence-electron chi connectivity index (χ4n) is 1.36. The van der Waals surface area contributed by atoms with E-state index in [0.717, 1.165) is 0 Å². The smallest absolute Gasteiger partial charge is 0.446 e. The average molecular weight is 270 g/mol. The molecule has 0 saturated carbocycles. The third-order valence-electron chi connectivity index (χ3n) is 2.02. The van der Waals surface area contributed by atoms with Gasteiger partial charge in [0.15, 0.2) is 0 Å². The molecule has 0 aliphatic rings. The van der Waals surface area contributed by atoms with Crippen LogP contribution in [0, 0.1) is 0 Å². The summed E-state index contributed by atoms with van der Waals surface area (Å²) in [6.45, 7) is 0. The van der Waals surface area contributed by atoms with Crippen LogP contribution in [0.1, 0.15) is 0 Å². The molecule has 0 saturated heterocycles. The Hall–Kier alpha value is -1.62. The molecule has 0 aliphatic heterocycles. The number of rotatable bonds is 3. The van der Waals surface area contributed by atoms with Gasteiger partial charge < -0.3 is 4.74 Å². The second-order valence-corrected chi connectivity index (χ2v) is 4.58. The Balaban J connectivity index is 2.13. The highest BCUT2D eigenvalue weighted by Gasteiger charge is 2.29. The largest absolute Gasteiger partial charge is 0.457 e. The predicted octanol–water partition coefficient (Wildman–Crippen LogP) is 5.09. The molecule has 0 aromatic heterocycles. The highest BCUT2D eigenvalue weighted by Crippen LogP contribution is 2.38. The van der Waals surface area contributed by atoms with Gasteiger partial charge in [0.1, 0.15) is 11.5 Å². The van der Waals surface area contributed by atoms with Gasteiger partial charge in [0, 0.05) is 4.90 Å². The fourth-order valence-corrected chi connectivity index (χ4v) is 1.95. The van der Waals surface area contributed by atoms with E-state index in [4.69, 9.17) is 4.74 Å². The van der Waals surface area contributed by atoms with Crippen molar-refractivity contribution >= 4 is 11.8 Å². The Morgan fingerprint density at radius 3 is 2.17 bits per heavy atom. The molecule has 0 bridgehead atoms. The summed E-state index contributed by atoms with van der Waals surface area (Å²) < 4.78 is 42.1. The van der Waals surface area contributed by atoms with Crippen molar-refractivity contribution in [2.75, 3.05) is 0 Å². The van der Waals surface area contributed by atoms with Gasteiger partial charge in [0.05, 0.1) is 0 Å². The van der Waals surface area contributed by atoms with Gasteiger partial charge in [0.2, 0.25) is 0 Å². The van der Waals surface area contributed by atoms with Gasteiger partial charge >= 0.3 is 5.51 Å². The van der Waals surface area contributed by atoms with Crippen LogP contribution in [0.3, 0.4) is 0 Å². The number of hydrogen-bond acceptors (Lipinski definition) is 2. The Morgan fingerprint density at radius 2 is 1.50 bits per heavy atom. The van der Waals surface area contributed by atoms with Gasteiger partial charge in [-0.15, -0.1) is 0 Å². The topological polar surface area (TPSA) is 9.23 Å². The Labute approximate surface area is 107 Å². The SMILES string of the molecule is FC(F)(F)Sc1cccc(Oc2ccccc2)c1. The monoisotopic (exact) mass is 270 g/mol.